The van der Waals surface area contributed by atoms with E-state index in [2.05, 4.69) is 21.6 Å². The third-order valence-corrected chi connectivity index (χ3v) is 4.68. The molecular formula is C19H12BN3O2. The van der Waals surface area contributed by atoms with E-state index < -0.39 is 7.05 Å². The van der Waals surface area contributed by atoms with E-state index in [4.69, 9.17) is 4.98 Å². The molecule has 0 saturated carbocycles. The van der Waals surface area contributed by atoms with Crippen LogP contribution in [0.5, 0.6) is 0 Å². The Morgan fingerprint density at radius 1 is 0.880 bits per heavy atom. The van der Waals surface area contributed by atoms with Gasteiger partial charge in [0.05, 0.1) is 16.6 Å². The van der Waals surface area contributed by atoms with Crippen LogP contribution in [0.2, 0.25) is 0 Å². The average Bonchev–Trinajstić information content (AvgIpc) is 3.07. The van der Waals surface area contributed by atoms with Gasteiger partial charge in [0.15, 0.2) is 0 Å². The minimum absolute atomic E-state index is 0.469. The number of aromatic nitrogens is 2. The highest BCUT2D eigenvalue weighted by atomic mass is 16.3. The summed E-state index contributed by atoms with van der Waals surface area (Å²) in [7, 11) is -1.37. The van der Waals surface area contributed by atoms with Crippen molar-refractivity contribution in [3.8, 4) is 0 Å². The van der Waals surface area contributed by atoms with Crippen molar-refractivity contribution in [1.82, 2.24) is 9.38 Å². The fraction of sp³-hybridized carbons (Fsp3) is 0. The van der Waals surface area contributed by atoms with Crippen LogP contribution in [0.3, 0.4) is 0 Å². The van der Waals surface area contributed by atoms with Gasteiger partial charge in [0, 0.05) is 10.8 Å². The molecule has 118 valence electrons. The van der Waals surface area contributed by atoms with Crippen molar-refractivity contribution in [3.05, 3.63) is 71.6 Å². The molecule has 0 amide bonds. The summed E-state index contributed by atoms with van der Waals surface area (Å²) in [5.74, 6) is 0. The Kier molecular flexibility index (Phi) is 2.90. The molecule has 5 rings (SSSR count). The van der Waals surface area contributed by atoms with E-state index in [1.807, 2.05) is 48.5 Å². The Hall–Kier alpha value is -3.25. The lowest BCUT2D eigenvalue weighted by atomic mass is 9.75. The molecule has 1 N–H and O–H groups in total. The zero-order chi connectivity index (χ0) is 17.0. The largest absolute Gasteiger partial charge is 0.517 e. The van der Waals surface area contributed by atoms with Gasteiger partial charge in [-0.05, 0) is 29.0 Å². The number of nitroso groups, excluding NO2 is 1. The smallest absolute Gasteiger partial charge is 0.425 e. The second-order valence-electron chi connectivity index (χ2n) is 6.06. The second-order valence-corrected chi connectivity index (χ2v) is 6.06. The molecule has 0 bridgehead atoms. The highest BCUT2D eigenvalue weighted by Crippen LogP contribution is 2.31. The first kappa shape index (κ1) is 14.1. The van der Waals surface area contributed by atoms with Crippen LogP contribution in [0, 0.1) is 4.91 Å². The Morgan fingerprint density at radius 3 is 2.48 bits per heavy atom. The Bertz CT molecular complexity index is 1300. The van der Waals surface area contributed by atoms with Gasteiger partial charge in [-0.1, -0.05) is 53.6 Å². The SMILES string of the molecule is O=NB(O)c1ccc2c3ccccc3c3nc4ccccc4n3c2c1. The first-order valence-electron chi connectivity index (χ1n) is 8.00. The molecule has 5 aromatic rings. The van der Waals surface area contributed by atoms with Crippen LogP contribution >= 0.6 is 0 Å². The second kappa shape index (κ2) is 5.12. The Labute approximate surface area is 142 Å². The lowest BCUT2D eigenvalue weighted by Gasteiger charge is -2.10. The molecule has 0 fully saturated rings. The standard InChI is InChI=1S/C19H12BN3O2/c24-20(22-25)12-9-10-14-13-5-1-2-6-15(13)19-21-16-7-3-4-8-17(16)23(19)18(14)11-12/h1-11,24H. The van der Waals surface area contributed by atoms with Crippen LogP contribution in [0.15, 0.2) is 71.8 Å². The van der Waals surface area contributed by atoms with Crippen LogP contribution in [0.4, 0.5) is 0 Å². The predicted molar refractivity (Wildman–Crippen MR) is 101 cm³/mol. The summed E-state index contributed by atoms with van der Waals surface area (Å²) in [5.41, 5.74) is 4.10. The van der Waals surface area contributed by atoms with Crippen LogP contribution in [0.1, 0.15) is 0 Å². The molecule has 25 heavy (non-hydrogen) atoms. The van der Waals surface area contributed by atoms with E-state index in [1.54, 1.807) is 6.07 Å². The normalized spacial score (nSPS) is 11.6. The summed E-state index contributed by atoms with van der Waals surface area (Å²) in [6.45, 7) is 0. The number of hydrogen-bond acceptors (Lipinski definition) is 4. The summed E-state index contributed by atoms with van der Waals surface area (Å²) in [6.07, 6.45) is 0. The van der Waals surface area contributed by atoms with E-state index in [-0.39, 0.29) is 0 Å². The molecule has 0 aliphatic heterocycles. The maximum absolute atomic E-state index is 10.8. The van der Waals surface area contributed by atoms with Gasteiger partial charge >= 0.3 is 7.05 Å². The van der Waals surface area contributed by atoms with Crippen molar-refractivity contribution >= 4 is 50.9 Å². The summed E-state index contributed by atoms with van der Waals surface area (Å²) in [5, 5.41) is 15.8. The van der Waals surface area contributed by atoms with Gasteiger partial charge in [-0.3, -0.25) is 4.40 Å². The van der Waals surface area contributed by atoms with Gasteiger partial charge in [-0.2, -0.15) is 4.91 Å². The quantitative estimate of drug-likeness (QED) is 0.308. The number of para-hydroxylation sites is 2. The lowest BCUT2D eigenvalue weighted by molar-refractivity contribution is 0.587. The van der Waals surface area contributed by atoms with Crippen molar-refractivity contribution in [1.29, 1.82) is 0 Å². The summed E-state index contributed by atoms with van der Waals surface area (Å²) in [4.78, 5) is 15.6. The van der Waals surface area contributed by atoms with E-state index >= 15 is 0 Å². The maximum Gasteiger partial charge on any atom is 0.517 e. The molecule has 0 aliphatic carbocycles. The van der Waals surface area contributed by atoms with Gasteiger partial charge in [-0.25, -0.2) is 4.98 Å². The monoisotopic (exact) mass is 325 g/mol. The lowest BCUT2D eigenvalue weighted by Crippen LogP contribution is -2.27. The summed E-state index contributed by atoms with van der Waals surface area (Å²) < 4.78 is 2.08. The van der Waals surface area contributed by atoms with Crippen molar-refractivity contribution in [2.75, 3.05) is 0 Å². The Balaban J connectivity index is 2.09. The van der Waals surface area contributed by atoms with E-state index in [9.17, 15) is 9.93 Å². The minimum Gasteiger partial charge on any atom is -0.425 e. The Morgan fingerprint density at radius 2 is 1.64 bits per heavy atom. The van der Waals surface area contributed by atoms with Crippen molar-refractivity contribution in [2.24, 2.45) is 5.09 Å². The van der Waals surface area contributed by atoms with Gasteiger partial charge in [0.1, 0.15) is 5.65 Å². The van der Waals surface area contributed by atoms with Gasteiger partial charge in [0.25, 0.3) is 0 Å². The topological polar surface area (TPSA) is 67.0 Å². The van der Waals surface area contributed by atoms with Gasteiger partial charge in [-0.15, -0.1) is 0 Å². The molecule has 0 spiro atoms. The predicted octanol–water partition coefficient (Wildman–Crippen LogP) is 3.25. The molecule has 3 aromatic carbocycles. The molecule has 5 nitrogen and oxygen atoms in total. The molecule has 0 saturated heterocycles. The molecule has 0 atom stereocenters. The first-order valence-corrected chi connectivity index (χ1v) is 8.00. The van der Waals surface area contributed by atoms with Crippen LogP contribution in [-0.2, 0) is 0 Å². The van der Waals surface area contributed by atoms with Crippen LogP contribution in [-0.4, -0.2) is 21.5 Å². The number of rotatable bonds is 2. The molecule has 0 aliphatic rings. The number of hydrogen-bond donors (Lipinski definition) is 1. The summed E-state index contributed by atoms with van der Waals surface area (Å²) in [6, 6.07) is 21.5. The van der Waals surface area contributed by atoms with Gasteiger partial charge in [0.2, 0.25) is 0 Å². The maximum atomic E-state index is 10.8. The van der Waals surface area contributed by atoms with E-state index in [0.29, 0.717) is 5.46 Å². The molecule has 2 aromatic heterocycles. The number of fused-ring (bicyclic) bond motifs is 8. The third kappa shape index (κ3) is 1.91. The van der Waals surface area contributed by atoms with Crippen molar-refractivity contribution < 1.29 is 5.02 Å². The fourth-order valence-corrected chi connectivity index (χ4v) is 3.55. The van der Waals surface area contributed by atoms with Gasteiger partial charge < -0.3 is 5.02 Å². The van der Waals surface area contributed by atoms with Crippen molar-refractivity contribution in [2.45, 2.75) is 0 Å². The van der Waals surface area contributed by atoms with Crippen LogP contribution in [0.25, 0.3) is 38.4 Å². The minimum atomic E-state index is -1.37. The highest BCUT2D eigenvalue weighted by Gasteiger charge is 2.19. The fourth-order valence-electron chi connectivity index (χ4n) is 3.55. The van der Waals surface area contributed by atoms with E-state index in [0.717, 1.165) is 38.4 Å². The molecule has 6 heteroatoms. The average molecular weight is 325 g/mol. The number of imidazole rings is 1. The first-order chi connectivity index (χ1) is 12.3. The molecule has 2 heterocycles. The molecule has 0 unspecified atom stereocenters. The zero-order valence-electron chi connectivity index (χ0n) is 13.1. The number of benzene rings is 3. The highest BCUT2D eigenvalue weighted by molar-refractivity contribution is 6.64. The molecular weight excluding hydrogens is 313 g/mol. The number of pyridine rings is 1. The number of nitrogens with zero attached hydrogens (tertiary/aromatic N) is 3. The zero-order valence-corrected chi connectivity index (χ0v) is 13.1. The van der Waals surface area contributed by atoms with Crippen molar-refractivity contribution in [3.63, 3.8) is 0 Å². The summed E-state index contributed by atoms with van der Waals surface area (Å²) >= 11 is 0. The van der Waals surface area contributed by atoms with Crippen LogP contribution < -0.4 is 5.46 Å². The third-order valence-electron chi connectivity index (χ3n) is 4.68. The van der Waals surface area contributed by atoms with E-state index in [1.165, 1.54) is 0 Å². The molecule has 0 radical (unpaired) electrons.